The lowest BCUT2D eigenvalue weighted by molar-refractivity contribution is -0.111. The predicted molar refractivity (Wildman–Crippen MR) is 59.8 cm³/mol. The Balaban J connectivity index is 2.04. The average molecular weight is 214 g/mol. The van der Waals surface area contributed by atoms with Gasteiger partial charge in [0, 0.05) is 6.08 Å². The molecule has 1 aromatic carbocycles. The summed E-state index contributed by atoms with van der Waals surface area (Å²) >= 11 is 0. The van der Waals surface area contributed by atoms with Crippen molar-refractivity contribution in [2.75, 3.05) is 5.32 Å². The summed E-state index contributed by atoms with van der Waals surface area (Å²) in [6.45, 7) is 0. The summed E-state index contributed by atoms with van der Waals surface area (Å²) in [5.41, 5.74) is 6.74. The van der Waals surface area contributed by atoms with Gasteiger partial charge in [-0.05, 0) is 18.2 Å². The van der Waals surface area contributed by atoms with E-state index >= 15 is 0 Å². The molecular formula is C12H10N2O2. The van der Waals surface area contributed by atoms with E-state index in [2.05, 4.69) is 5.32 Å². The molecular weight excluding hydrogens is 204 g/mol. The molecule has 1 unspecified atom stereocenters. The Labute approximate surface area is 92.4 Å². The van der Waals surface area contributed by atoms with Crippen LogP contribution in [0.5, 0.6) is 5.75 Å². The van der Waals surface area contributed by atoms with Crippen molar-refractivity contribution in [1.29, 1.82) is 0 Å². The number of hydrogen-bond donors (Lipinski definition) is 2. The summed E-state index contributed by atoms with van der Waals surface area (Å²) in [4.78, 5) is 11.4. The number of benzene rings is 1. The minimum Gasteiger partial charge on any atom is -0.457 e. The molecule has 16 heavy (non-hydrogen) atoms. The third kappa shape index (κ3) is 1.27. The molecule has 0 saturated heterocycles. The van der Waals surface area contributed by atoms with E-state index in [0.717, 1.165) is 11.4 Å². The van der Waals surface area contributed by atoms with Crippen molar-refractivity contribution in [3.8, 4) is 5.75 Å². The molecule has 4 heteroatoms. The smallest absolute Gasteiger partial charge is 0.204 e. The second-order valence-corrected chi connectivity index (χ2v) is 3.75. The lowest BCUT2D eigenvalue weighted by Crippen LogP contribution is -2.33. The van der Waals surface area contributed by atoms with Crippen LogP contribution in [0.15, 0.2) is 47.9 Å². The number of allylic oxidation sites excluding steroid dienone is 1. The van der Waals surface area contributed by atoms with E-state index < -0.39 is 0 Å². The Bertz CT molecular complexity index is 532. The van der Waals surface area contributed by atoms with E-state index in [9.17, 15) is 4.79 Å². The topological polar surface area (TPSA) is 64.3 Å². The van der Waals surface area contributed by atoms with E-state index in [4.69, 9.17) is 10.5 Å². The van der Waals surface area contributed by atoms with Gasteiger partial charge in [-0.25, -0.2) is 0 Å². The van der Waals surface area contributed by atoms with E-state index in [0.29, 0.717) is 5.76 Å². The van der Waals surface area contributed by atoms with Crippen LogP contribution in [0.3, 0.4) is 0 Å². The van der Waals surface area contributed by atoms with Crippen LogP contribution in [0.4, 0.5) is 5.69 Å². The summed E-state index contributed by atoms with van der Waals surface area (Å²) in [5.74, 6) is 1.12. The lowest BCUT2D eigenvalue weighted by Gasteiger charge is -2.29. The second kappa shape index (κ2) is 3.13. The van der Waals surface area contributed by atoms with Crippen LogP contribution in [-0.4, -0.2) is 11.8 Å². The third-order valence-corrected chi connectivity index (χ3v) is 2.64. The van der Waals surface area contributed by atoms with Gasteiger partial charge < -0.3 is 15.8 Å². The number of ether oxygens (including phenoxy) is 1. The molecule has 0 amide bonds. The summed E-state index contributed by atoms with van der Waals surface area (Å²) < 4.78 is 5.63. The Morgan fingerprint density at radius 2 is 2.12 bits per heavy atom. The minimum absolute atomic E-state index is 0.146. The van der Waals surface area contributed by atoms with Crippen molar-refractivity contribution in [1.82, 2.24) is 0 Å². The molecule has 80 valence electrons. The van der Waals surface area contributed by atoms with Gasteiger partial charge in [0.25, 0.3) is 0 Å². The zero-order valence-corrected chi connectivity index (χ0v) is 8.44. The number of fused-ring (bicyclic) bond motifs is 2. The summed E-state index contributed by atoms with van der Waals surface area (Å²) in [7, 11) is 0. The highest BCUT2D eigenvalue weighted by Crippen LogP contribution is 2.34. The first-order valence-corrected chi connectivity index (χ1v) is 5.01. The van der Waals surface area contributed by atoms with E-state index in [1.807, 2.05) is 24.3 Å². The summed E-state index contributed by atoms with van der Waals surface area (Å²) in [6.07, 6.45) is 3.11. The van der Waals surface area contributed by atoms with Crippen molar-refractivity contribution in [3.05, 3.63) is 47.9 Å². The fraction of sp³-hybridized carbons (Fsp3) is 0.0833. The van der Waals surface area contributed by atoms with Gasteiger partial charge in [0.15, 0.2) is 0 Å². The van der Waals surface area contributed by atoms with Gasteiger partial charge in [-0.15, -0.1) is 0 Å². The van der Waals surface area contributed by atoms with Crippen LogP contribution in [0.2, 0.25) is 0 Å². The van der Waals surface area contributed by atoms with Crippen molar-refractivity contribution in [2.24, 2.45) is 5.73 Å². The number of carbonyl (C=O) groups is 1. The Morgan fingerprint density at radius 1 is 1.31 bits per heavy atom. The zero-order valence-electron chi connectivity index (χ0n) is 8.44. The monoisotopic (exact) mass is 214 g/mol. The number of nitrogens with two attached hydrogens (primary N) is 1. The molecule has 0 saturated carbocycles. The van der Waals surface area contributed by atoms with Crippen LogP contribution in [-0.2, 0) is 4.79 Å². The van der Waals surface area contributed by atoms with Crippen LogP contribution < -0.4 is 15.8 Å². The molecule has 0 fully saturated rings. The highest BCUT2D eigenvalue weighted by Gasteiger charge is 2.27. The fourth-order valence-corrected chi connectivity index (χ4v) is 1.82. The number of para-hydroxylation sites is 2. The number of nitrogens with one attached hydrogen (secondary N) is 1. The van der Waals surface area contributed by atoms with Crippen molar-refractivity contribution in [3.63, 3.8) is 0 Å². The van der Waals surface area contributed by atoms with Crippen molar-refractivity contribution in [2.45, 2.75) is 6.04 Å². The predicted octanol–water partition coefficient (Wildman–Crippen LogP) is 1.17. The SMILES string of the molecule is NC1=CC2Nc3ccccc3OC2=CC1=O. The first kappa shape index (κ1) is 9.03. The van der Waals surface area contributed by atoms with Crippen molar-refractivity contribution >= 4 is 11.5 Å². The van der Waals surface area contributed by atoms with Gasteiger partial charge in [-0.1, -0.05) is 12.1 Å². The highest BCUT2D eigenvalue weighted by atomic mass is 16.5. The maximum atomic E-state index is 11.4. The molecule has 0 aromatic heterocycles. The summed E-state index contributed by atoms with van der Waals surface area (Å²) in [5, 5.41) is 3.25. The van der Waals surface area contributed by atoms with Crippen LogP contribution in [0.25, 0.3) is 0 Å². The Morgan fingerprint density at radius 3 is 3.00 bits per heavy atom. The molecule has 0 radical (unpaired) electrons. The van der Waals surface area contributed by atoms with Gasteiger partial charge in [0.1, 0.15) is 17.6 Å². The number of anilines is 1. The second-order valence-electron chi connectivity index (χ2n) is 3.75. The third-order valence-electron chi connectivity index (χ3n) is 2.64. The van der Waals surface area contributed by atoms with Gasteiger partial charge in [0.2, 0.25) is 5.78 Å². The van der Waals surface area contributed by atoms with Gasteiger partial charge in [-0.3, -0.25) is 4.79 Å². The van der Waals surface area contributed by atoms with E-state index in [-0.39, 0.29) is 17.5 Å². The fourth-order valence-electron chi connectivity index (χ4n) is 1.82. The minimum atomic E-state index is -0.201. The van der Waals surface area contributed by atoms with Gasteiger partial charge >= 0.3 is 0 Å². The van der Waals surface area contributed by atoms with Gasteiger partial charge in [-0.2, -0.15) is 0 Å². The zero-order chi connectivity index (χ0) is 11.1. The molecule has 0 spiro atoms. The maximum absolute atomic E-state index is 11.4. The first-order chi connectivity index (χ1) is 7.74. The normalized spacial score (nSPS) is 22.0. The maximum Gasteiger partial charge on any atom is 0.204 e. The van der Waals surface area contributed by atoms with Crippen LogP contribution in [0.1, 0.15) is 0 Å². The molecule has 0 bridgehead atoms. The largest absolute Gasteiger partial charge is 0.457 e. The quantitative estimate of drug-likeness (QED) is 0.680. The lowest BCUT2D eigenvalue weighted by atomic mass is 10.0. The standard InChI is InChI=1S/C12H10N2O2/c13-7-5-9-12(6-10(7)15)16-11-4-2-1-3-8(11)14-9/h1-6,9,14H,13H2. The highest BCUT2D eigenvalue weighted by molar-refractivity contribution is 6.05. The molecule has 1 aliphatic heterocycles. The Hall–Kier alpha value is -2.23. The molecule has 1 aromatic rings. The molecule has 1 heterocycles. The average Bonchev–Trinajstić information content (AvgIpc) is 2.28. The van der Waals surface area contributed by atoms with E-state index in [1.54, 1.807) is 6.08 Å². The molecule has 1 atom stereocenters. The number of ketones is 1. The Kier molecular flexibility index (Phi) is 1.77. The number of rotatable bonds is 0. The van der Waals surface area contributed by atoms with Gasteiger partial charge in [0.05, 0.1) is 11.4 Å². The molecule has 4 nitrogen and oxygen atoms in total. The van der Waals surface area contributed by atoms with E-state index in [1.165, 1.54) is 6.08 Å². The number of hydrogen-bond acceptors (Lipinski definition) is 4. The molecule has 2 aliphatic rings. The van der Waals surface area contributed by atoms with Crippen LogP contribution in [0, 0.1) is 0 Å². The molecule has 3 rings (SSSR count). The number of carbonyl (C=O) groups excluding carboxylic acids is 1. The molecule has 3 N–H and O–H groups in total. The summed E-state index contributed by atoms with van der Waals surface area (Å²) in [6, 6.07) is 7.44. The first-order valence-electron chi connectivity index (χ1n) is 5.01. The van der Waals surface area contributed by atoms with Crippen LogP contribution >= 0.6 is 0 Å². The van der Waals surface area contributed by atoms with Crippen molar-refractivity contribution < 1.29 is 9.53 Å². The molecule has 1 aliphatic carbocycles.